The van der Waals surface area contributed by atoms with Crippen molar-refractivity contribution >= 4 is 22.7 Å². The van der Waals surface area contributed by atoms with Gasteiger partial charge >= 0.3 is 0 Å². The lowest BCUT2D eigenvalue weighted by Gasteiger charge is -2.09. The van der Waals surface area contributed by atoms with Crippen molar-refractivity contribution in [3.05, 3.63) is 109 Å². The van der Waals surface area contributed by atoms with Gasteiger partial charge in [-0.15, -0.1) is 0 Å². The Morgan fingerprint density at radius 3 is 2.66 bits per heavy atom. The first-order chi connectivity index (χ1) is 17.2. The lowest BCUT2D eigenvalue weighted by Crippen LogP contribution is -1.96. The van der Waals surface area contributed by atoms with Gasteiger partial charge in [0, 0.05) is 17.3 Å². The van der Waals surface area contributed by atoms with Crippen molar-refractivity contribution in [2.24, 2.45) is 0 Å². The summed E-state index contributed by atoms with van der Waals surface area (Å²) in [4.78, 5) is 7.85. The quantitative estimate of drug-likeness (QED) is 0.228. The largest absolute Gasteiger partial charge is 0.489 e. The second-order valence-electron chi connectivity index (χ2n) is 8.07. The van der Waals surface area contributed by atoms with Crippen LogP contribution in [0.4, 0.5) is 0 Å². The number of hydrogen-bond acceptors (Lipinski definition) is 4. The first kappa shape index (κ1) is 21.9. The minimum atomic E-state index is 0.428. The maximum absolute atomic E-state index is 9.98. The molecule has 0 bridgehead atoms. The Morgan fingerprint density at radius 1 is 1.11 bits per heavy atom. The van der Waals surface area contributed by atoms with Crippen LogP contribution in [0.15, 0.2) is 91.6 Å². The highest BCUT2D eigenvalue weighted by atomic mass is 16.5. The first-order valence-corrected chi connectivity index (χ1v) is 11.2. The molecular weight excluding hydrogens is 434 g/mol. The predicted molar refractivity (Wildman–Crippen MR) is 139 cm³/mol. The molecule has 5 aromatic rings. The van der Waals surface area contributed by atoms with Crippen molar-refractivity contribution in [2.45, 2.75) is 6.92 Å². The van der Waals surface area contributed by atoms with E-state index in [9.17, 15) is 5.26 Å². The molecule has 0 saturated carbocycles. The Kier molecular flexibility index (Phi) is 5.98. The predicted octanol–water partition coefficient (Wildman–Crippen LogP) is 6.35. The van der Waals surface area contributed by atoms with Gasteiger partial charge in [0.15, 0.2) is 0 Å². The third-order valence-electron chi connectivity index (χ3n) is 5.63. The maximum atomic E-state index is 9.98. The third-order valence-corrected chi connectivity index (χ3v) is 5.63. The number of H-pyrrole nitrogens is 1. The van der Waals surface area contributed by atoms with E-state index in [1.807, 2.05) is 96.7 Å². The van der Waals surface area contributed by atoms with E-state index in [1.165, 1.54) is 0 Å². The summed E-state index contributed by atoms with van der Waals surface area (Å²) < 4.78 is 7.56. The van der Waals surface area contributed by atoms with E-state index in [-0.39, 0.29) is 0 Å². The van der Waals surface area contributed by atoms with Crippen LogP contribution >= 0.6 is 0 Å². The van der Waals surface area contributed by atoms with E-state index in [1.54, 1.807) is 6.08 Å². The van der Waals surface area contributed by atoms with Crippen LogP contribution in [0.3, 0.4) is 0 Å². The molecule has 3 aromatic carbocycles. The van der Waals surface area contributed by atoms with Gasteiger partial charge in [-0.1, -0.05) is 43.0 Å². The molecule has 2 heterocycles. The van der Waals surface area contributed by atoms with Gasteiger partial charge in [-0.25, -0.2) is 9.67 Å². The summed E-state index contributed by atoms with van der Waals surface area (Å²) in [6, 6.07) is 25.9. The summed E-state index contributed by atoms with van der Waals surface area (Å²) in [6.45, 7) is 6.15. The molecule has 6 heteroatoms. The highest BCUT2D eigenvalue weighted by Crippen LogP contribution is 2.31. The highest BCUT2D eigenvalue weighted by Gasteiger charge is 2.15. The van der Waals surface area contributed by atoms with Gasteiger partial charge in [0.2, 0.25) is 0 Å². The molecule has 0 atom stereocenters. The van der Waals surface area contributed by atoms with Crippen LogP contribution in [-0.2, 0) is 0 Å². The van der Waals surface area contributed by atoms with E-state index in [2.05, 4.69) is 22.6 Å². The minimum absolute atomic E-state index is 0.428. The van der Waals surface area contributed by atoms with Crippen molar-refractivity contribution < 1.29 is 4.74 Å². The molecule has 2 aromatic heterocycles. The van der Waals surface area contributed by atoms with Gasteiger partial charge in [-0.05, 0) is 61.0 Å². The average molecular weight is 458 g/mol. The fourth-order valence-electron chi connectivity index (χ4n) is 3.93. The van der Waals surface area contributed by atoms with Crippen molar-refractivity contribution in [1.82, 2.24) is 19.7 Å². The van der Waals surface area contributed by atoms with E-state index < -0.39 is 0 Å². The number of allylic oxidation sites excluding steroid dienone is 1. The first-order valence-electron chi connectivity index (χ1n) is 11.2. The molecule has 0 saturated heterocycles. The summed E-state index contributed by atoms with van der Waals surface area (Å²) in [5, 5.41) is 14.9. The van der Waals surface area contributed by atoms with E-state index in [0.717, 1.165) is 44.9 Å². The molecule has 6 nitrogen and oxygen atoms in total. The molecule has 5 rings (SSSR count). The van der Waals surface area contributed by atoms with Crippen LogP contribution in [0.5, 0.6) is 5.75 Å². The molecule has 1 N–H and O–H groups in total. The SMILES string of the molecule is C=CCOc1ccc(-c2nn(-c3ccccc3)cc2/C=C(/C#N)c2nc3ccccc3[nH]2)cc1C. The standard InChI is InChI=1S/C29H23N5O/c1-3-15-35-27-14-13-21(16-20(27)2)28-23(19-34(33-28)24-9-5-4-6-10-24)17-22(18-30)29-31-25-11-7-8-12-26(25)32-29/h3-14,16-17,19H,1,15H2,2H3,(H,31,32)/b22-17-. The van der Waals surface area contributed by atoms with Crippen LogP contribution in [0.1, 0.15) is 17.0 Å². The molecule has 0 spiro atoms. The number of nitrogens with one attached hydrogen (secondary N) is 1. The van der Waals surface area contributed by atoms with Crippen molar-refractivity contribution in [3.63, 3.8) is 0 Å². The Bertz CT molecular complexity index is 1550. The van der Waals surface area contributed by atoms with Crippen molar-refractivity contribution in [3.8, 4) is 28.8 Å². The number of nitriles is 1. The fraction of sp³-hybridized carbons (Fsp3) is 0.0690. The Balaban J connectivity index is 1.63. The number of para-hydroxylation sites is 3. The molecule has 170 valence electrons. The summed E-state index contributed by atoms with van der Waals surface area (Å²) in [5.74, 6) is 1.32. The number of aromatic nitrogens is 4. The Labute approximate surface area is 203 Å². The average Bonchev–Trinajstić information content (AvgIpc) is 3.51. The van der Waals surface area contributed by atoms with Gasteiger partial charge < -0.3 is 9.72 Å². The molecule has 0 aliphatic heterocycles. The molecule has 0 fully saturated rings. The van der Waals surface area contributed by atoms with Crippen LogP contribution < -0.4 is 4.74 Å². The second kappa shape index (κ2) is 9.54. The number of nitrogens with zero attached hydrogens (tertiary/aromatic N) is 4. The summed E-state index contributed by atoms with van der Waals surface area (Å²) in [5.41, 5.74) is 6.55. The number of aryl methyl sites for hydroxylation is 1. The lowest BCUT2D eigenvalue weighted by molar-refractivity contribution is 0.361. The smallest absolute Gasteiger partial charge is 0.149 e. The van der Waals surface area contributed by atoms with Crippen molar-refractivity contribution in [2.75, 3.05) is 6.61 Å². The number of ether oxygens (including phenoxy) is 1. The number of imidazole rings is 1. The van der Waals surface area contributed by atoms with Gasteiger partial charge in [0.05, 0.1) is 22.3 Å². The van der Waals surface area contributed by atoms with Crippen LogP contribution in [0.2, 0.25) is 0 Å². The van der Waals surface area contributed by atoms with Gasteiger partial charge in [0.1, 0.15) is 29.9 Å². The van der Waals surface area contributed by atoms with Gasteiger partial charge in [0.25, 0.3) is 0 Å². The number of hydrogen-bond donors (Lipinski definition) is 1. The van der Waals surface area contributed by atoms with Gasteiger partial charge in [-0.2, -0.15) is 10.4 Å². The number of rotatable bonds is 7. The Hall–Kier alpha value is -4.89. The maximum Gasteiger partial charge on any atom is 0.149 e. The van der Waals surface area contributed by atoms with Crippen LogP contribution in [0.25, 0.3) is 39.6 Å². The molecular formula is C29H23N5O. The zero-order valence-corrected chi connectivity index (χ0v) is 19.3. The van der Waals surface area contributed by atoms with E-state index in [0.29, 0.717) is 18.0 Å². The number of benzene rings is 3. The molecule has 0 amide bonds. The molecule has 0 aliphatic carbocycles. The zero-order valence-electron chi connectivity index (χ0n) is 19.3. The number of fused-ring (bicyclic) bond motifs is 1. The van der Waals surface area contributed by atoms with E-state index in [4.69, 9.17) is 9.84 Å². The summed E-state index contributed by atoms with van der Waals surface area (Å²) in [6.07, 6.45) is 5.48. The topological polar surface area (TPSA) is 79.5 Å². The van der Waals surface area contributed by atoms with Crippen LogP contribution in [-0.4, -0.2) is 26.4 Å². The Morgan fingerprint density at radius 2 is 1.91 bits per heavy atom. The third kappa shape index (κ3) is 4.48. The van der Waals surface area contributed by atoms with Crippen LogP contribution in [0, 0.1) is 18.3 Å². The molecule has 0 unspecified atom stereocenters. The zero-order chi connectivity index (χ0) is 24.2. The lowest BCUT2D eigenvalue weighted by atomic mass is 10.0. The fourth-order valence-corrected chi connectivity index (χ4v) is 3.93. The highest BCUT2D eigenvalue weighted by molar-refractivity contribution is 5.92. The summed E-state index contributed by atoms with van der Waals surface area (Å²) >= 11 is 0. The van der Waals surface area contributed by atoms with Gasteiger partial charge in [-0.3, -0.25) is 0 Å². The molecule has 35 heavy (non-hydrogen) atoms. The van der Waals surface area contributed by atoms with E-state index >= 15 is 0 Å². The monoisotopic (exact) mass is 457 g/mol. The number of aromatic amines is 1. The summed E-state index contributed by atoms with van der Waals surface area (Å²) in [7, 11) is 0. The normalized spacial score (nSPS) is 11.4. The molecule has 0 aliphatic rings. The second-order valence-corrected chi connectivity index (χ2v) is 8.07. The minimum Gasteiger partial charge on any atom is -0.489 e. The molecule has 0 radical (unpaired) electrons. The van der Waals surface area contributed by atoms with Crippen molar-refractivity contribution in [1.29, 1.82) is 5.26 Å².